The molecule has 0 aromatic heterocycles. The van der Waals surface area contributed by atoms with Gasteiger partial charge in [0.05, 0.1) is 0 Å². The van der Waals surface area contributed by atoms with Crippen molar-refractivity contribution < 1.29 is 14.7 Å². The number of piperidine rings is 1. The molecule has 0 radical (unpaired) electrons. The maximum absolute atomic E-state index is 11.9. The van der Waals surface area contributed by atoms with Gasteiger partial charge in [-0.25, -0.2) is 9.59 Å². The van der Waals surface area contributed by atoms with E-state index >= 15 is 0 Å². The van der Waals surface area contributed by atoms with Gasteiger partial charge in [-0.1, -0.05) is 13.8 Å². The fourth-order valence-corrected chi connectivity index (χ4v) is 2.24. The van der Waals surface area contributed by atoms with Crippen molar-refractivity contribution in [2.24, 2.45) is 5.92 Å². The molecule has 1 saturated heterocycles. The quantitative estimate of drug-likeness (QED) is 0.740. The molecule has 18 heavy (non-hydrogen) atoms. The van der Waals surface area contributed by atoms with Crippen molar-refractivity contribution in [2.75, 3.05) is 13.1 Å². The summed E-state index contributed by atoms with van der Waals surface area (Å²) in [6, 6.07) is -0.880. The number of hydrogen-bond donors (Lipinski definition) is 2. The van der Waals surface area contributed by atoms with Gasteiger partial charge < -0.3 is 15.3 Å². The number of nitrogens with zero attached hydrogens (tertiary/aromatic N) is 1. The molecule has 0 aliphatic carbocycles. The monoisotopic (exact) mass is 256 g/mol. The average Bonchev–Trinajstić information content (AvgIpc) is 2.34. The number of rotatable bonds is 5. The van der Waals surface area contributed by atoms with Crippen molar-refractivity contribution >= 4 is 12.0 Å². The summed E-state index contributed by atoms with van der Waals surface area (Å²) in [6.07, 6.45) is 4.35. The molecule has 1 heterocycles. The lowest BCUT2D eigenvalue weighted by atomic mass is 10.0. The van der Waals surface area contributed by atoms with E-state index in [1.807, 2.05) is 0 Å². The maximum atomic E-state index is 11.9. The van der Waals surface area contributed by atoms with E-state index in [1.54, 1.807) is 0 Å². The van der Waals surface area contributed by atoms with Crippen LogP contribution >= 0.6 is 0 Å². The molecule has 0 spiro atoms. The lowest BCUT2D eigenvalue weighted by Gasteiger charge is -2.32. The van der Waals surface area contributed by atoms with E-state index in [0.29, 0.717) is 25.4 Å². The Hall–Kier alpha value is -1.26. The average molecular weight is 256 g/mol. The lowest BCUT2D eigenvalue weighted by molar-refractivity contribution is -0.143. The van der Waals surface area contributed by atoms with Crippen molar-refractivity contribution in [2.45, 2.75) is 52.0 Å². The van der Waals surface area contributed by atoms with Crippen LogP contribution in [0.1, 0.15) is 46.0 Å². The van der Waals surface area contributed by atoms with Crippen LogP contribution in [-0.2, 0) is 4.79 Å². The zero-order valence-electron chi connectivity index (χ0n) is 11.3. The summed E-state index contributed by atoms with van der Waals surface area (Å²) >= 11 is 0. The van der Waals surface area contributed by atoms with Gasteiger partial charge in [-0.05, 0) is 38.0 Å². The largest absolute Gasteiger partial charge is 0.480 e. The topological polar surface area (TPSA) is 69.6 Å². The second-order valence-corrected chi connectivity index (χ2v) is 5.31. The number of nitrogens with one attached hydrogen (secondary N) is 1. The van der Waals surface area contributed by atoms with Gasteiger partial charge in [0.15, 0.2) is 0 Å². The van der Waals surface area contributed by atoms with Crippen molar-refractivity contribution in [1.29, 1.82) is 0 Å². The molecule has 1 unspecified atom stereocenters. The summed E-state index contributed by atoms with van der Waals surface area (Å²) in [5, 5.41) is 11.9. The van der Waals surface area contributed by atoms with Gasteiger partial charge in [-0.2, -0.15) is 0 Å². The van der Waals surface area contributed by atoms with E-state index in [4.69, 9.17) is 5.11 Å². The van der Waals surface area contributed by atoms with Crippen molar-refractivity contribution in [3.63, 3.8) is 0 Å². The van der Waals surface area contributed by atoms with E-state index in [-0.39, 0.29) is 6.03 Å². The van der Waals surface area contributed by atoms with Gasteiger partial charge in [0.2, 0.25) is 0 Å². The Labute approximate surface area is 109 Å². The molecule has 1 atom stereocenters. The van der Waals surface area contributed by atoms with Crippen molar-refractivity contribution in [1.82, 2.24) is 10.2 Å². The third kappa shape index (κ3) is 4.55. The van der Waals surface area contributed by atoms with Crippen LogP contribution in [0.25, 0.3) is 0 Å². The minimum atomic E-state index is -0.896. The predicted octanol–water partition coefficient (Wildman–Crippen LogP) is 2.07. The Bertz CT molecular complexity index is 292. The van der Waals surface area contributed by atoms with Gasteiger partial charge >= 0.3 is 12.0 Å². The van der Waals surface area contributed by atoms with E-state index in [1.165, 1.54) is 4.90 Å². The number of carboxylic acids is 1. The normalized spacial score (nSPS) is 19.9. The predicted molar refractivity (Wildman–Crippen MR) is 69.5 cm³/mol. The molecule has 1 rings (SSSR count). The number of carbonyl (C=O) groups is 2. The molecule has 1 fully saturated rings. The highest BCUT2D eigenvalue weighted by atomic mass is 16.4. The molecule has 0 saturated carbocycles. The zero-order valence-corrected chi connectivity index (χ0v) is 11.3. The van der Waals surface area contributed by atoms with Crippen LogP contribution < -0.4 is 5.32 Å². The van der Waals surface area contributed by atoms with Gasteiger partial charge in [-0.15, -0.1) is 0 Å². The van der Waals surface area contributed by atoms with Crippen molar-refractivity contribution in [3.8, 4) is 0 Å². The zero-order chi connectivity index (χ0) is 13.5. The molecule has 0 bridgehead atoms. The molecule has 5 heteroatoms. The molecule has 5 nitrogen and oxygen atoms in total. The summed E-state index contributed by atoms with van der Waals surface area (Å²) in [6.45, 7) is 5.46. The Morgan fingerprint density at radius 1 is 1.39 bits per heavy atom. The van der Waals surface area contributed by atoms with E-state index in [9.17, 15) is 9.59 Å². The van der Waals surface area contributed by atoms with Gasteiger partial charge in [0, 0.05) is 13.1 Å². The van der Waals surface area contributed by atoms with Crippen molar-refractivity contribution in [3.05, 3.63) is 0 Å². The first kappa shape index (κ1) is 14.8. The van der Waals surface area contributed by atoms with Gasteiger partial charge in [0.25, 0.3) is 0 Å². The third-order valence-electron chi connectivity index (χ3n) is 3.28. The lowest BCUT2D eigenvalue weighted by Crippen LogP contribution is -2.52. The van der Waals surface area contributed by atoms with Crippen LogP contribution in [0.15, 0.2) is 0 Å². The number of carboxylic acid groups (broad SMARTS) is 1. The molecule has 1 aliphatic heterocycles. The first-order valence-corrected chi connectivity index (χ1v) is 6.79. The van der Waals surface area contributed by atoms with E-state index < -0.39 is 12.0 Å². The molecular weight excluding hydrogens is 232 g/mol. The highest BCUT2D eigenvalue weighted by molar-refractivity contribution is 5.82. The van der Waals surface area contributed by atoms with Crippen LogP contribution in [0.3, 0.4) is 0 Å². The fraction of sp³-hybridized carbons (Fsp3) is 0.846. The summed E-state index contributed by atoms with van der Waals surface area (Å²) < 4.78 is 0. The highest BCUT2D eigenvalue weighted by Crippen LogP contribution is 2.17. The van der Waals surface area contributed by atoms with Gasteiger partial charge in [-0.3, -0.25) is 0 Å². The number of likely N-dealkylation sites (tertiary alicyclic amines) is 1. The number of urea groups is 1. The molecule has 1 aliphatic rings. The Morgan fingerprint density at radius 2 is 2.11 bits per heavy atom. The Balaban J connectivity index is 2.36. The summed E-state index contributed by atoms with van der Waals surface area (Å²) in [7, 11) is 0. The summed E-state index contributed by atoms with van der Waals surface area (Å²) in [5.74, 6) is -0.268. The second kappa shape index (κ2) is 7.24. The minimum Gasteiger partial charge on any atom is -0.480 e. The van der Waals surface area contributed by atoms with Gasteiger partial charge in [0.1, 0.15) is 6.04 Å². The van der Waals surface area contributed by atoms with E-state index in [2.05, 4.69) is 19.2 Å². The number of carbonyl (C=O) groups excluding carboxylic acids is 1. The highest BCUT2D eigenvalue weighted by Gasteiger charge is 2.31. The SMILES string of the molecule is CC(C)CCCNC(=O)N1CCCCC1C(=O)O. The van der Waals surface area contributed by atoms with E-state index in [0.717, 1.165) is 25.7 Å². The summed E-state index contributed by atoms with van der Waals surface area (Å²) in [4.78, 5) is 24.4. The minimum absolute atomic E-state index is 0.231. The van der Waals surface area contributed by atoms with Crippen LogP contribution in [0.2, 0.25) is 0 Å². The maximum Gasteiger partial charge on any atom is 0.326 e. The molecule has 2 N–H and O–H groups in total. The first-order valence-electron chi connectivity index (χ1n) is 6.79. The first-order chi connectivity index (χ1) is 8.52. The molecule has 104 valence electrons. The standard InChI is InChI=1S/C13H24N2O3/c1-10(2)6-5-8-14-13(18)15-9-4-3-7-11(15)12(16)17/h10-11H,3-9H2,1-2H3,(H,14,18)(H,16,17). The molecule has 2 amide bonds. The number of hydrogen-bond acceptors (Lipinski definition) is 2. The van der Waals surface area contributed by atoms with Crippen LogP contribution in [0.5, 0.6) is 0 Å². The number of aliphatic carboxylic acids is 1. The smallest absolute Gasteiger partial charge is 0.326 e. The molecule has 0 aromatic rings. The van der Waals surface area contributed by atoms with Crippen LogP contribution in [-0.4, -0.2) is 41.1 Å². The second-order valence-electron chi connectivity index (χ2n) is 5.31. The van der Waals surface area contributed by atoms with Crippen LogP contribution in [0.4, 0.5) is 4.79 Å². The fourth-order valence-electron chi connectivity index (χ4n) is 2.24. The number of amides is 2. The molecular formula is C13H24N2O3. The third-order valence-corrected chi connectivity index (χ3v) is 3.28. The summed E-state index contributed by atoms with van der Waals surface area (Å²) in [5.41, 5.74) is 0. The Kier molecular flexibility index (Phi) is 5.95. The molecule has 0 aromatic carbocycles. The Morgan fingerprint density at radius 3 is 2.72 bits per heavy atom. The van der Waals surface area contributed by atoms with Crippen LogP contribution in [0, 0.1) is 5.92 Å².